The summed E-state index contributed by atoms with van der Waals surface area (Å²) in [5.74, 6) is 1.76. The lowest BCUT2D eigenvalue weighted by molar-refractivity contribution is -0.128. The molecular formula is C23H23FN4O3S. The number of ether oxygens (including phenoxy) is 2. The van der Waals surface area contributed by atoms with Gasteiger partial charge >= 0.3 is 0 Å². The number of aromatic nitrogens is 3. The second-order valence-corrected chi connectivity index (χ2v) is 8.89. The molecule has 32 heavy (non-hydrogen) atoms. The maximum Gasteiger partial charge on any atom is 0.232 e. The van der Waals surface area contributed by atoms with Gasteiger partial charge in [-0.15, -0.1) is 10.2 Å². The average Bonchev–Trinajstić information content (AvgIpc) is 3.56. The number of likely N-dealkylation sites (N-methyl/N-ethyl adjacent to an activating group) is 1. The Bertz CT molecular complexity index is 1130. The average molecular weight is 455 g/mol. The van der Waals surface area contributed by atoms with Crippen LogP contribution in [0.1, 0.15) is 18.9 Å². The van der Waals surface area contributed by atoms with E-state index in [1.54, 1.807) is 30.1 Å². The van der Waals surface area contributed by atoms with E-state index in [0.29, 0.717) is 35.4 Å². The minimum atomic E-state index is -0.328. The van der Waals surface area contributed by atoms with Crippen molar-refractivity contribution in [1.82, 2.24) is 19.7 Å². The molecule has 1 amide bonds. The molecule has 7 nitrogen and oxygen atoms in total. The molecule has 2 heterocycles. The number of fused-ring (bicyclic) bond motifs is 1. The van der Waals surface area contributed by atoms with Crippen LogP contribution in [0.25, 0.3) is 11.4 Å². The molecule has 1 saturated carbocycles. The molecule has 0 bridgehead atoms. The lowest BCUT2D eigenvalue weighted by atomic mass is 10.2. The van der Waals surface area contributed by atoms with E-state index >= 15 is 0 Å². The van der Waals surface area contributed by atoms with E-state index in [-0.39, 0.29) is 29.6 Å². The van der Waals surface area contributed by atoms with Gasteiger partial charge in [-0.3, -0.25) is 9.36 Å². The van der Waals surface area contributed by atoms with Gasteiger partial charge in [-0.05, 0) is 37.1 Å². The number of carbonyl (C=O) groups is 1. The predicted octanol–water partition coefficient (Wildman–Crippen LogP) is 3.81. The van der Waals surface area contributed by atoms with Crippen LogP contribution < -0.4 is 9.47 Å². The van der Waals surface area contributed by atoms with Gasteiger partial charge in [0, 0.05) is 13.1 Å². The molecular weight excluding hydrogens is 431 g/mol. The molecule has 2 aromatic carbocycles. The molecule has 9 heteroatoms. The molecule has 1 aromatic heterocycles. The van der Waals surface area contributed by atoms with Gasteiger partial charge < -0.3 is 14.4 Å². The summed E-state index contributed by atoms with van der Waals surface area (Å²) < 4.78 is 28.0. The van der Waals surface area contributed by atoms with E-state index in [1.165, 1.54) is 17.8 Å². The van der Waals surface area contributed by atoms with Gasteiger partial charge in [0.25, 0.3) is 0 Å². The van der Waals surface area contributed by atoms with Gasteiger partial charge in [-0.2, -0.15) is 0 Å². The number of para-hydroxylation sites is 2. The first-order valence-corrected chi connectivity index (χ1v) is 11.5. The smallest absolute Gasteiger partial charge is 0.232 e. The van der Waals surface area contributed by atoms with Gasteiger partial charge in [0.15, 0.2) is 28.6 Å². The Labute approximate surface area is 189 Å². The highest BCUT2D eigenvalue weighted by Crippen LogP contribution is 2.41. The highest BCUT2D eigenvalue weighted by Gasteiger charge is 2.31. The number of benzene rings is 2. The number of hydrogen-bond donors (Lipinski definition) is 0. The summed E-state index contributed by atoms with van der Waals surface area (Å²) in [5, 5.41) is 9.14. The van der Waals surface area contributed by atoms with Crippen molar-refractivity contribution in [3.63, 3.8) is 0 Å². The number of nitrogens with zero attached hydrogens (tertiary/aromatic N) is 4. The summed E-state index contributed by atoms with van der Waals surface area (Å²) >= 11 is 1.33. The molecule has 2 aliphatic rings. The molecule has 1 aliphatic heterocycles. The number of rotatable bonds is 7. The molecule has 1 atom stereocenters. The van der Waals surface area contributed by atoms with Gasteiger partial charge in [-0.25, -0.2) is 4.39 Å². The highest BCUT2D eigenvalue weighted by atomic mass is 32.2. The Kier molecular flexibility index (Phi) is 5.73. The first kappa shape index (κ1) is 20.8. The topological polar surface area (TPSA) is 69.5 Å². The van der Waals surface area contributed by atoms with Crippen molar-refractivity contribution in [3.05, 3.63) is 54.3 Å². The number of carbonyl (C=O) groups excluding carboxylic acids is 1. The van der Waals surface area contributed by atoms with E-state index in [1.807, 2.05) is 28.8 Å². The van der Waals surface area contributed by atoms with Gasteiger partial charge in [0.05, 0.1) is 17.9 Å². The van der Waals surface area contributed by atoms with Crippen molar-refractivity contribution in [2.45, 2.75) is 30.1 Å². The van der Waals surface area contributed by atoms with E-state index in [4.69, 9.17) is 9.47 Å². The summed E-state index contributed by atoms with van der Waals surface area (Å²) in [4.78, 5) is 14.4. The Morgan fingerprint density at radius 2 is 1.91 bits per heavy atom. The summed E-state index contributed by atoms with van der Waals surface area (Å²) in [7, 11) is 1.75. The minimum Gasteiger partial charge on any atom is -0.486 e. The molecule has 0 saturated heterocycles. The monoisotopic (exact) mass is 454 g/mol. The van der Waals surface area contributed by atoms with Crippen molar-refractivity contribution in [3.8, 4) is 22.9 Å². The van der Waals surface area contributed by atoms with Crippen molar-refractivity contribution >= 4 is 17.7 Å². The minimum absolute atomic E-state index is 0.0461. The summed E-state index contributed by atoms with van der Waals surface area (Å²) in [6, 6.07) is 14.3. The van der Waals surface area contributed by atoms with E-state index in [0.717, 1.165) is 18.6 Å². The van der Waals surface area contributed by atoms with Crippen LogP contribution >= 0.6 is 11.8 Å². The third-order valence-electron chi connectivity index (χ3n) is 5.49. The predicted molar refractivity (Wildman–Crippen MR) is 118 cm³/mol. The normalized spacial score (nSPS) is 17.2. The number of halogens is 1. The summed E-state index contributed by atoms with van der Waals surface area (Å²) in [6.45, 7) is 0.813. The molecule has 0 N–H and O–H groups in total. The van der Waals surface area contributed by atoms with Crippen LogP contribution in [0.4, 0.5) is 4.39 Å². The molecule has 0 radical (unpaired) electrons. The van der Waals surface area contributed by atoms with E-state index in [2.05, 4.69) is 10.2 Å². The lowest BCUT2D eigenvalue weighted by Crippen LogP contribution is -2.42. The van der Waals surface area contributed by atoms with Crippen molar-refractivity contribution in [2.75, 3.05) is 26.0 Å². The molecule has 1 unspecified atom stereocenters. The van der Waals surface area contributed by atoms with Crippen LogP contribution in [0, 0.1) is 5.82 Å². The van der Waals surface area contributed by atoms with E-state index in [9.17, 15) is 9.18 Å². The molecule has 1 fully saturated rings. The van der Waals surface area contributed by atoms with Crippen LogP contribution in [0.5, 0.6) is 11.5 Å². The number of amides is 1. The Morgan fingerprint density at radius 3 is 2.69 bits per heavy atom. The lowest BCUT2D eigenvalue weighted by Gasteiger charge is -2.29. The van der Waals surface area contributed by atoms with Gasteiger partial charge in [0.2, 0.25) is 5.91 Å². The Hall–Kier alpha value is -3.07. The van der Waals surface area contributed by atoms with E-state index < -0.39 is 0 Å². The highest BCUT2D eigenvalue weighted by molar-refractivity contribution is 7.99. The molecule has 5 rings (SSSR count). The SMILES string of the molecule is CN(CC1COc2ccccc2O1)C(=O)CSc1nnc(-c2ccccc2F)n1C1CC1. The Balaban J connectivity index is 1.22. The van der Waals surface area contributed by atoms with Crippen molar-refractivity contribution in [2.24, 2.45) is 0 Å². The fourth-order valence-electron chi connectivity index (χ4n) is 3.66. The van der Waals surface area contributed by atoms with Crippen LogP contribution in [0.3, 0.4) is 0 Å². The maximum atomic E-state index is 14.3. The zero-order chi connectivity index (χ0) is 22.1. The first-order chi connectivity index (χ1) is 15.6. The maximum absolute atomic E-state index is 14.3. The third-order valence-corrected chi connectivity index (χ3v) is 6.41. The zero-order valence-corrected chi connectivity index (χ0v) is 18.4. The van der Waals surface area contributed by atoms with Gasteiger partial charge in [0.1, 0.15) is 12.4 Å². The van der Waals surface area contributed by atoms with Crippen LogP contribution in [0.2, 0.25) is 0 Å². The Morgan fingerprint density at radius 1 is 1.16 bits per heavy atom. The molecule has 0 spiro atoms. The standard InChI is InChI=1S/C23H23FN4O3S/c1-27(12-16-13-30-19-8-4-5-9-20(19)31-16)21(29)14-32-23-26-25-22(28(23)15-10-11-15)17-6-2-3-7-18(17)24/h2-9,15-16H,10-14H2,1H3. The zero-order valence-electron chi connectivity index (χ0n) is 17.6. The van der Waals surface area contributed by atoms with Crippen LogP contribution in [-0.4, -0.2) is 57.6 Å². The van der Waals surface area contributed by atoms with Gasteiger partial charge in [-0.1, -0.05) is 36.0 Å². The van der Waals surface area contributed by atoms with Crippen LogP contribution in [0.15, 0.2) is 53.7 Å². The quantitative estimate of drug-likeness (QED) is 0.506. The molecule has 166 valence electrons. The van der Waals surface area contributed by atoms with Crippen LogP contribution in [-0.2, 0) is 4.79 Å². The second-order valence-electron chi connectivity index (χ2n) is 7.95. The number of hydrogen-bond acceptors (Lipinski definition) is 6. The second kappa shape index (κ2) is 8.82. The number of thioether (sulfide) groups is 1. The summed E-state index contributed by atoms with van der Waals surface area (Å²) in [6.07, 6.45) is 1.77. The largest absolute Gasteiger partial charge is 0.486 e. The summed E-state index contributed by atoms with van der Waals surface area (Å²) in [5.41, 5.74) is 0.428. The van der Waals surface area contributed by atoms with Crippen molar-refractivity contribution in [1.29, 1.82) is 0 Å². The third kappa shape index (κ3) is 4.29. The van der Waals surface area contributed by atoms with Crippen molar-refractivity contribution < 1.29 is 18.7 Å². The first-order valence-electron chi connectivity index (χ1n) is 10.5. The fourth-order valence-corrected chi connectivity index (χ4v) is 4.61. The molecule has 3 aromatic rings. The molecule has 1 aliphatic carbocycles. The fraction of sp³-hybridized carbons (Fsp3) is 0.348.